The van der Waals surface area contributed by atoms with Crippen LogP contribution in [0.2, 0.25) is 0 Å². The number of hydrogen-bond acceptors (Lipinski definition) is 4. The number of rotatable bonds is 4. The molecule has 0 spiro atoms. The third kappa shape index (κ3) is 3.06. The summed E-state index contributed by atoms with van der Waals surface area (Å²) in [5.41, 5.74) is 10.7. The predicted molar refractivity (Wildman–Crippen MR) is 84.8 cm³/mol. The predicted octanol–water partition coefficient (Wildman–Crippen LogP) is 3.35. The third-order valence-electron chi connectivity index (χ3n) is 3.56. The van der Waals surface area contributed by atoms with Gasteiger partial charge in [0, 0.05) is 18.3 Å². The van der Waals surface area contributed by atoms with Gasteiger partial charge in [-0.1, -0.05) is 24.3 Å². The Morgan fingerprint density at radius 1 is 1.14 bits per heavy atom. The second kappa shape index (κ2) is 5.58. The molecule has 0 aliphatic carbocycles. The van der Waals surface area contributed by atoms with Crippen molar-refractivity contribution in [3.05, 3.63) is 59.5 Å². The minimum atomic E-state index is 0.670. The van der Waals surface area contributed by atoms with Crippen molar-refractivity contribution in [1.82, 2.24) is 9.88 Å². The lowest BCUT2D eigenvalue weighted by Crippen LogP contribution is -2.17. The fraction of sp³-hybridized carbons (Fsp3) is 0.235. The monoisotopic (exact) mass is 281 g/mol. The molecule has 0 saturated heterocycles. The summed E-state index contributed by atoms with van der Waals surface area (Å²) < 4.78 is 5.75. The van der Waals surface area contributed by atoms with Gasteiger partial charge in [-0.3, -0.25) is 4.90 Å². The van der Waals surface area contributed by atoms with E-state index < -0.39 is 0 Å². The molecule has 0 unspecified atom stereocenters. The number of anilines is 1. The molecular formula is C17H19N3O. The molecule has 21 heavy (non-hydrogen) atoms. The minimum absolute atomic E-state index is 0.670. The maximum atomic E-state index is 5.76. The summed E-state index contributed by atoms with van der Waals surface area (Å²) in [5, 5.41) is 0. The van der Waals surface area contributed by atoms with Gasteiger partial charge in [0.15, 0.2) is 5.58 Å². The first-order valence-electron chi connectivity index (χ1n) is 7.00. The molecule has 0 fully saturated rings. The van der Waals surface area contributed by atoms with Crippen molar-refractivity contribution in [2.75, 3.05) is 12.8 Å². The standard InChI is InChI=1S/C17H19N3O/c1-12-5-3-4-6-13(12)10-20(2)11-17-19-15-8-7-14(18)9-16(15)21-17/h3-9H,10-11,18H2,1-2H3. The van der Waals surface area contributed by atoms with Gasteiger partial charge >= 0.3 is 0 Å². The average Bonchev–Trinajstić information content (AvgIpc) is 2.82. The van der Waals surface area contributed by atoms with Gasteiger partial charge in [-0.25, -0.2) is 4.98 Å². The largest absolute Gasteiger partial charge is 0.439 e. The molecule has 0 saturated carbocycles. The van der Waals surface area contributed by atoms with Crippen LogP contribution >= 0.6 is 0 Å². The Kier molecular flexibility index (Phi) is 3.62. The first kappa shape index (κ1) is 13.6. The lowest BCUT2D eigenvalue weighted by atomic mass is 10.1. The highest BCUT2D eigenvalue weighted by Gasteiger charge is 2.10. The van der Waals surface area contributed by atoms with Crippen LogP contribution in [0.3, 0.4) is 0 Å². The molecule has 1 heterocycles. The Balaban J connectivity index is 1.74. The van der Waals surface area contributed by atoms with Gasteiger partial charge in [-0.2, -0.15) is 0 Å². The van der Waals surface area contributed by atoms with Gasteiger partial charge < -0.3 is 10.2 Å². The molecule has 2 N–H and O–H groups in total. The van der Waals surface area contributed by atoms with E-state index in [1.807, 2.05) is 18.2 Å². The van der Waals surface area contributed by atoms with E-state index >= 15 is 0 Å². The molecule has 1 aromatic heterocycles. The summed E-state index contributed by atoms with van der Waals surface area (Å²) in [6, 6.07) is 13.9. The molecule has 3 aromatic rings. The van der Waals surface area contributed by atoms with Crippen LogP contribution in [0.25, 0.3) is 11.1 Å². The number of hydrogen-bond donors (Lipinski definition) is 1. The van der Waals surface area contributed by atoms with Crippen LogP contribution < -0.4 is 5.73 Å². The smallest absolute Gasteiger partial charge is 0.209 e. The Morgan fingerprint density at radius 3 is 2.76 bits per heavy atom. The zero-order valence-corrected chi connectivity index (χ0v) is 12.3. The lowest BCUT2D eigenvalue weighted by Gasteiger charge is -2.15. The lowest BCUT2D eigenvalue weighted by molar-refractivity contribution is 0.285. The molecule has 4 heteroatoms. The zero-order chi connectivity index (χ0) is 14.8. The number of aromatic nitrogens is 1. The maximum absolute atomic E-state index is 5.76. The van der Waals surface area contributed by atoms with E-state index in [4.69, 9.17) is 10.2 Å². The molecule has 4 nitrogen and oxygen atoms in total. The topological polar surface area (TPSA) is 55.3 Å². The molecular weight excluding hydrogens is 262 g/mol. The fourth-order valence-corrected chi connectivity index (χ4v) is 2.42. The first-order valence-corrected chi connectivity index (χ1v) is 7.00. The number of fused-ring (bicyclic) bond motifs is 1. The molecule has 2 aromatic carbocycles. The summed E-state index contributed by atoms with van der Waals surface area (Å²) in [7, 11) is 2.07. The molecule has 0 aliphatic heterocycles. The van der Waals surface area contributed by atoms with Crippen molar-refractivity contribution in [3.63, 3.8) is 0 Å². The summed E-state index contributed by atoms with van der Waals surface area (Å²) in [6.07, 6.45) is 0. The quantitative estimate of drug-likeness (QED) is 0.745. The van der Waals surface area contributed by atoms with E-state index in [9.17, 15) is 0 Å². The average molecular weight is 281 g/mol. The van der Waals surface area contributed by atoms with Crippen LogP contribution in [0, 0.1) is 6.92 Å². The van der Waals surface area contributed by atoms with Gasteiger partial charge in [0.1, 0.15) is 5.52 Å². The number of nitrogens with zero attached hydrogens (tertiary/aromatic N) is 2. The summed E-state index contributed by atoms with van der Waals surface area (Å²) in [5.74, 6) is 0.715. The highest BCUT2D eigenvalue weighted by molar-refractivity contribution is 5.76. The van der Waals surface area contributed by atoms with E-state index in [2.05, 4.69) is 48.1 Å². The highest BCUT2D eigenvalue weighted by atomic mass is 16.3. The third-order valence-corrected chi connectivity index (χ3v) is 3.56. The van der Waals surface area contributed by atoms with E-state index in [1.54, 1.807) is 0 Å². The zero-order valence-electron chi connectivity index (χ0n) is 12.3. The van der Waals surface area contributed by atoms with Crippen molar-refractivity contribution < 1.29 is 4.42 Å². The van der Waals surface area contributed by atoms with Gasteiger partial charge in [0.25, 0.3) is 0 Å². The number of nitrogens with two attached hydrogens (primary N) is 1. The van der Waals surface area contributed by atoms with E-state index in [0.29, 0.717) is 18.1 Å². The molecule has 0 atom stereocenters. The van der Waals surface area contributed by atoms with Gasteiger partial charge in [-0.15, -0.1) is 0 Å². The van der Waals surface area contributed by atoms with Crippen LogP contribution in [0.1, 0.15) is 17.0 Å². The van der Waals surface area contributed by atoms with Gasteiger partial charge in [-0.05, 0) is 37.2 Å². The van der Waals surface area contributed by atoms with E-state index in [1.165, 1.54) is 11.1 Å². The second-order valence-corrected chi connectivity index (χ2v) is 5.43. The molecule has 108 valence electrons. The maximum Gasteiger partial charge on any atom is 0.209 e. The normalized spacial score (nSPS) is 11.4. The van der Waals surface area contributed by atoms with Crippen molar-refractivity contribution >= 4 is 16.8 Å². The van der Waals surface area contributed by atoms with Crippen molar-refractivity contribution in [2.24, 2.45) is 0 Å². The summed E-state index contributed by atoms with van der Waals surface area (Å²) >= 11 is 0. The first-order chi connectivity index (χ1) is 10.1. The van der Waals surface area contributed by atoms with Crippen LogP contribution in [0.15, 0.2) is 46.9 Å². The highest BCUT2D eigenvalue weighted by Crippen LogP contribution is 2.19. The van der Waals surface area contributed by atoms with Gasteiger partial charge in [0.05, 0.1) is 6.54 Å². The molecule has 0 aliphatic rings. The minimum Gasteiger partial charge on any atom is -0.439 e. The Bertz CT molecular complexity index is 764. The van der Waals surface area contributed by atoms with Crippen molar-refractivity contribution in [2.45, 2.75) is 20.0 Å². The van der Waals surface area contributed by atoms with Crippen LogP contribution in [-0.2, 0) is 13.1 Å². The van der Waals surface area contributed by atoms with Crippen molar-refractivity contribution in [3.8, 4) is 0 Å². The Morgan fingerprint density at radius 2 is 1.95 bits per heavy atom. The summed E-state index contributed by atoms with van der Waals surface area (Å²) in [6.45, 7) is 3.67. The number of benzene rings is 2. The van der Waals surface area contributed by atoms with Gasteiger partial charge in [0.2, 0.25) is 5.89 Å². The molecule has 0 amide bonds. The summed E-state index contributed by atoms with van der Waals surface area (Å²) in [4.78, 5) is 6.68. The SMILES string of the molecule is Cc1ccccc1CN(C)Cc1nc2ccc(N)cc2o1. The molecule has 3 rings (SSSR count). The van der Waals surface area contributed by atoms with E-state index in [-0.39, 0.29) is 0 Å². The number of nitrogen functional groups attached to an aromatic ring is 1. The second-order valence-electron chi connectivity index (χ2n) is 5.43. The Hall–Kier alpha value is -2.33. The van der Waals surface area contributed by atoms with Crippen molar-refractivity contribution in [1.29, 1.82) is 0 Å². The Labute approximate surface area is 124 Å². The van der Waals surface area contributed by atoms with Crippen LogP contribution in [-0.4, -0.2) is 16.9 Å². The van der Waals surface area contributed by atoms with Crippen LogP contribution in [0.5, 0.6) is 0 Å². The molecule has 0 bridgehead atoms. The number of oxazole rings is 1. The molecule has 0 radical (unpaired) electrons. The van der Waals surface area contributed by atoms with Crippen LogP contribution in [0.4, 0.5) is 5.69 Å². The van der Waals surface area contributed by atoms with E-state index in [0.717, 1.165) is 17.6 Å². The fourth-order valence-electron chi connectivity index (χ4n) is 2.42. The number of aryl methyl sites for hydroxylation is 1.